The summed E-state index contributed by atoms with van der Waals surface area (Å²) in [6, 6.07) is 1.33. The summed E-state index contributed by atoms with van der Waals surface area (Å²) in [6.07, 6.45) is 2.02. The molecule has 1 aromatic heterocycles. The molecule has 1 aromatic rings. The van der Waals surface area contributed by atoms with E-state index in [4.69, 9.17) is 0 Å². The molecule has 8 nitrogen and oxygen atoms in total. The molecule has 1 aliphatic rings. The van der Waals surface area contributed by atoms with E-state index in [2.05, 4.69) is 20.6 Å². The minimum Gasteiger partial charge on any atom is -0.350 e. The summed E-state index contributed by atoms with van der Waals surface area (Å²) in [4.78, 5) is 22.1. The van der Waals surface area contributed by atoms with Gasteiger partial charge in [-0.15, -0.1) is 0 Å². The number of likely N-dealkylation sites (N-methyl/N-ethyl adjacent to an activating group) is 1. The van der Waals surface area contributed by atoms with E-state index in [1.165, 1.54) is 12.3 Å². The minimum absolute atomic E-state index is 0.0790. The predicted octanol–water partition coefficient (Wildman–Crippen LogP) is -0.633. The number of nitrogens with one attached hydrogen (secondary N) is 2. The topological polar surface area (TPSA) is 104 Å². The zero-order valence-electron chi connectivity index (χ0n) is 12.7. The van der Waals surface area contributed by atoms with E-state index in [1.54, 1.807) is 0 Å². The molecule has 2 rings (SSSR count). The molecule has 0 bridgehead atoms. The molecule has 0 aliphatic carbocycles. The number of amides is 1. The maximum atomic E-state index is 12.0. The average Bonchev–Trinajstić information content (AvgIpc) is 2.77. The van der Waals surface area contributed by atoms with Gasteiger partial charge < -0.3 is 15.5 Å². The maximum Gasteiger partial charge on any atom is 0.270 e. The van der Waals surface area contributed by atoms with Gasteiger partial charge in [0.05, 0.1) is 11.5 Å². The van der Waals surface area contributed by atoms with Crippen molar-refractivity contribution in [3.8, 4) is 0 Å². The molecule has 1 atom stereocenters. The van der Waals surface area contributed by atoms with E-state index >= 15 is 0 Å². The summed E-state index contributed by atoms with van der Waals surface area (Å²) in [5, 5.41) is 5.75. The van der Waals surface area contributed by atoms with E-state index in [0.717, 1.165) is 6.54 Å². The van der Waals surface area contributed by atoms with Crippen LogP contribution in [0, 0.1) is 0 Å². The lowest BCUT2D eigenvalue weighted by atomic mass is 10.3. The first kappa shape index (κ1) is 16.6. The lowest BCUT2D eigenvalue weighted by Gasteiger charge is -2.12. The van der Waals surface area contributed by atoms with E-state index in [1.807, 2.05) is 19.0 Å². The Bertz CT molecular complexity index is 632. The molecule has 9 heteroatoms. The van der Waals surface area contributed by atoms with Gasteiger partial charge in [0.25, 0.3) is 5.91 Å². The standard InChI is InChI=1S/C13H21N5O3S/c1-18(2)7-6-14-12(19)11-3-5-15-13(17-11)16-10-4-8-22(20,21)9-10/h3,5,10H,4,6-9H2,1-2H3,(H,14,19)(H,15,16,17). The lowest BCUT2D eigenvalue weighted by Crippen LogP contribution is -2.32. The van der Waals surface area contributed by atoms with Crippen LogP contribution in [-0.2, 0) is 9.84 Å². The Labute approximate surface area is 130 Å². The van der Waals surface area contributed by atoms with Crippen LogP contribution in [0.2, 0.25) is 0 Å². The van der Waals surface area contributed by atoms with E-state index in [-0.39, 0.29) is 35.1 Å². The highest BCUT2D eigenvalue weighted by Crippen LogP contribution is 2.15. The van der Waals surface area contributed by atoms with Crippen LogP contribution in [0.25, 0.3) is 0 Å². The largest absolute Gasteiger partial charge is 0.350 e. The molecule has 0 radical (unpaired) electrons. The number of hydrogen-bond donors (Lipinski definition) is 2. The van der Waals surface area contributed by atoms with Gasteiger partial charge in [0.15, 0.2) is 9.84 Å². The molecule has 1 aliphatic heterocycles. The molecule has 2 N–H and O–H groups in total. The third-order valence-electron chi connectivity index (χ3n) is 3.30. The second-order valence-electron chi connectivity index (χ2n) is 5.57. The molecule has 0 saturated carbocycles. The molecule has 1 saturated heterocycles. The van der Waals surface area contributed by atoms with Gasteiger partial charge in [-0.1, -0.05) is 0 Å². The Kier molecular flexibility index (Phi) is 5.30. The zero-order valence-corrected chi connectivity index (χ0v) is 13.6. The average molecular weight is 327 g/mol. The lowest BCUT2D eigenvalue weighted by molar-refractivity contribution is 0.0946. The number of sulfone groups is 1. The van der Waals surface area contributed by atoms with Crippen LogP contribution >= 0.6 is 0 Å². The van der Waals surface area contributed by atoms with Crippen LogP contribution in [-0.4, -0.2) is 73.9 Å². The van der Waals surface area contributed by atoms with Gasteiger partial charge in [-0.25, -0.2) is 18.4 Å². The molecule has 0 spiro atoms. The summed E-state index contributed by atoms with van der Waals surface area (Å²) in [6.45, 7) is 1.27. The van der Waals surface area contributed by atoms with Gasteiger partial charge in [-0.05, 0) is 26.6 Å². The van der Waals surface area contributed by atoms with Crippen molar-refractivity contribution >= 4 is 21.7 Å². The molecule has 1 unspecified atom stereocenters. The summed E-state index contributed by atoms with van der Waals surface area (Å²) < 4.78 is 22.9. The summed E-state index contributed by atoms with van der Waals surface area (Å²) in [7, 11) is 0.886. The highest BCUT2D eigenvalue weighted by atomic mass is 32.2. The van der Waals surface area contributed by atoms with Crippen molar-refractivity contribution in [1.82, 2.24) is 20.2 Å². The van der Waals surface area contributed by atoms with Crippen LogP contribution in [0.1, 0.15) is 16.9 Å². The summed E-state index contributed by atoms with van der Waals surface area (Å²) >= 11 is 0. The highest BCUT2D eigenvalue weighted by Gasteiger charge is 2.28. The van der Waals surface area contributed by atoms with Crippen LogP contribution in [0.4, 0.5) is 5.95 Å². The Hall–Kier alpha value is -1.74. The first-order chi connectivity index (χ1) is 10.4. The third-order valence-corrected chi connectivity index (χ3v) is 5.07. The fraction of sp³-hybridized carbons (Fsp3) is 0.615. The van der Waals surface area contributed by atoms with E-state index in [9.17, 15) is 13.2 Å². The Morgan fingerprint density at radius 2 is 2.23 bits per heavy atom. The van der Waals surface area contributed by atoms with Crippen LogP contribution in [0.5, 0.6) is 0 Å². The van der Waals surface area contributed by atoms with Crippen molar-refractivity contribution in [2.45, 2.75) is 12.5 Å². The van der Waals surface area contributed by atoms with Gasteiger partial charge in [0, 0.05) is 25.3 Å². The first-order valence-electron chi connectivity index (χ1n) is 7.09. The highest BCUT2D eigenvalue weighted by molar-refractivity contribution is 7.91. The Morgan fingerprint density at radius 3 is 2.86 bits per heavy atom. The van der Waals surface area contributed by atoms with Crippen LogP contribution in [0.15, 0.2) is 12.3 Å². The fourth-order valence-corrected chi connectivity index (χ4v) is 3.80. The normalized spacial score (nSPS) is 20.0. The van der Waals surface area contributed by atoms with Gasteiger partial charge >= 0.3 is 0 Å². The number of carbonyl (C=O) groups excluding carboxylic acids is 1. The van der Waals surface area contributed by atoms with Gasteiger partial charge in [-0.3, -0.25) is 4.79 Å². The zero-order chi connectivity index (χ0) is 16.2. The maximum absolute atomic E-state index is 12.0. The van der Waals surface area contributed by atoms with Crippen molar-refractivity contribution in [3.63, 3.8) is 0 Å². The number of carbonyl (C=O) groups is 1. The van der Waals surface area contributed by atoms with Crippen molar-refractivity contribution in [3.05, 3.63) is 18.0 Å². The predicted molar refractivity (Wildman–Crippen MR) is 83.6 cm³/mol. The van der Waals surface area contributed by atoms with Crippen molar-refractivity contribution < 1.29 is 13.2 Å². The number of rotatable bonds is 6. The summed E-state index contributed by atoms with van der Waals surface area (Å²) in [5.74, 6) is 0.263. The van der Waals surface area contributed by atoms with Gasteiger partial charge in [0.1, 0.15) is 5.69 Å². The monoisotopic (exact) mass is 327 g/mol. The van der Waals surface area contributed by atoms with Crippen molar-refractivity contribution in [2.24, 2.45) is 0 Å². The molecule has 22 heavy (non-hydrogen) atoms. The number of anilines is 1. The second-order valence-corrected chi connectivity index (χ2v) is 7.80. The molecule has 2 heterocycles. The molecule has 1 amide bonds. The Balaban J connectivity index is 1.93. The SMILES string of the molecule is CN(C)CCNC(=O)c1ccnc(NC2CCS(=O)(=O)C2)n1. The molecule has 1 fully saturated rings. The minimum atomic E-state index is -2.96. The van der Waals surface area contributed by atoms with E-state index in [0.29, 0.717) is 13.0 Å². The smallest absolute Gasteiger partial charge is 0.270 e. The number of aromatic nitrogens is 2. The summed E-state index contributed by atoms with van der Waals surface area (Å²) in [5.41, 5.74) is 0.261. The Morgan fingerprint density at radius 1 is 1.45 bits per heavy atom. The van der Waals surface area contributed by atoms with E-state index < -0.39 is 9.84 Å². The molecule has 122 valence electrons. The molecular formula is C13H21N5O3S. The number of nitrogens with zero attached hydrogens (tertiary/aromatic N) is 3. The third kappa shape index (κ3) is 4.92. The molecular weight excluding hydrogens is 306 g/mol. The van der Waals surface area contributed by atoms with Crippen molar-refractivity contribution in [2.75, 3.05) is 44.0 Å². The van der Waals surface area contributed by atoms with Crippen LogP contribution in [0.3, 0.4) is 0 Å². The van der Waals surface area contributed by atoms with Crippen molar-refractivity contribution in [1.29, 1.82) is 0 Å². The molecule has 0 aromatic carbocycles. The second kappa shape index (κ2) is 7.01. The first-order valence-corrected chi connectivity index (χ1v) is 8.91. The van der Waals surface area contributed by atoms with Gasteiger partial charge in [-0.2, -0.15) is 0 Å². The number of hydrogen-bond acceptors (Lipinski definition) is 7. The van der Waals surface area contributed by atoms with Gasteiger partial charge in [0.2, 0.25) is 5.95 Å². The quantitative estimate of drug-likeness (QED) is 0.716. The fourth-order valence-electron chi connectivity index (χ4n) is 2.13. The van der Waals surface area contributed by atoms with Crippen LogP contribution < -0.4 is 10.6 Å².